The van der Waals surface area contributed by atoms with Crippen molar-refractivity contribution in [1.29, 1.82) is 0 Å². The summed E-state index contributed by atoms with van der Waals surface area (Å²) in [5, 5.41) is 3.73. The Bertz CT molecular complexity index is 742. The molecule has 0 atom stereocenters. The molecule has 0 spiro atoms. The maximum atomic E-state index is 12.2. The molecule has 6 heteroatoms. The van der Waals surface area contributed by atoms with Crippen LogP contribution in [-0.4, -0.2) is 24.9 Å². The van der Waals surface area contributed by atoms with E-state index in [1.54, 1.807) is 24.3 Å². The number of carbonyl (C=O) groups excluding carboxylic acids is 2. The molecule has 0 aliphatic heterocycles. The quantitative estimate of drug-likeness (QED) is 0.868. The van der Waals surface area contributed by atoms with Crippen LogP contribution in [0.3, 0.4) is 0 Å². The molecule has 4 nitrogen and oxygen atoms in total. The Morgan fingerprint density at radius 1 is 1.08 bits per heavy atom. The lowest BCUT2D eigenvalue weighted by Crippen LogP contribution is -2.37. The number of benzene rings is 2. The molecule has 0 heterocycles. The first kappa shape index (κ1) is 18.3. The van der Waals surface area contributed by atoms with Crippen LogP contribution in [0.4, 0.5) is 5.69 Å². The fourth-order valence-corrected chi connectivity index (χ4v) is 2.88. The minimum absolute atomic E-state index is 0.154. The van der Waals surface area contributed by atoms with Crippen molar-refractivity contribution in [1.82, 2.24) is 5.32 Å². The first-order valence-electron chi connectivity index (χ1n) is 7.46. The van der Waals surface area contributed by atoms with E-state index in [2.05, 4.69) is 5.32 Å². The number of nitrogens with one attached hydrogen (secondary N) is 1. The van der Waals surface area contributed by atoms with Gasteiger partial charge < -0.3 is 10.2 Å². The Morgan fingerprint density at radius 2 is 1.71 bits per heavy atom. The van der Waals surface area contributed by atoms with Crippen LogP contribution in [0.5, 0.6) is 0 Å². The predicted octanol–water partition coefficient (Wildman–Crippen LogP) is 4.08. The number of anilines is 1. The highest BCUT2D eigenvalue weighted by Crippen LogP contribution is 2.25. The average Bonchev–Trinajstić information content (AvgIpc) is 2.50. The third-order valence-corrected chi connectivity index (χ3v) is 3.99. The number of carbonyl (C=O) groups is 2. The van der Waals surface area contributed by atoms with Crippen molar-refractivity contribution >= 4 is 40.7 Å². The normalized spacial score (nSPS) is 10.3. The van der Waals surface area contributed by atoms with Crippen LogP contribution in [0.2, 0.25) is 10.0 Å². The Labute approximate surface area is 151 Å². The van der Waals surface area contributed by atoms with E-state index in [9.17, 15) is 9.59 Å². The van der Waals surface area contributed by atoms with E-state index in [-0.39, 0.29) is 11.8 Å². The van der Waals surface area contributed by atoms with Crippen molar-refractivity contribution in [3.05, 3.63) is 63.6 Å². The van der Waals surface area contributed by atoms with E-state index in [0.29, 0.717) is 34.4 Å². The van der Waals surface area contributed by atoms with Crippen LogP contribution in [0.25, 0.3) is 0 Å². The largest absolute Gasteiger partial charge is 0.350 e. The highest BCUT2D eigenvalue weighted by molar-refractivity contribution is 6.35. The Hall–Kier alpha value is -2.04. The molecule has 2 amide bonds. The van der Waals surface area contributed by atoms with Crippen molar-refractivity contribution in [3.63, 3.8) is 0 Å². The molecule has 0 bridgehead atoms. The molecular weight excluding hydrogens is 347 g/mol. The van der Waals surface area contributed by atoms with Crippen molar-refractivity contribution in [2.24, 2.45) is 0 Å². The molecule has 24 heavy (non-hydrogen) atoms. The Balaban J connectivity index is 2.03. The van der Waals surface area contributed by atoms with Crippen LogP contribution in [0.1, 0.15) is 22.8 Å². The number of halogens is 2. The molecule has 0 radical (unpaired) electrons. The number of aryl methyl sites for hydroxylation is 1. The number of rotatable bonds is 5. The number of hydrogen-bond donors (Lipinski definition) is 1. The maximum Gasteiger partial charge on any atom is 0.251 e. The lowest BCUT2D eigenvalue weighted by Gasteiger charge is -2.22. The monoisotopic (exact) mass is 364 g/mol. The van der Waals surface area contributed by atoms with Gasteiger partial charge in [-0.2, -0.15) is 0 Å². The van der Waals surface area contributed by atoms with Gasteiger partial charge in [0, 0.05) is 41.3 Å². The van der Waals surface area contributed by atoms with Gasteiger partial charge in [0.2, 0.25) is 5.91 Å². The van der Waals surface area contributed by atoms with E-state index in [1.807, 2.05) is 25.1 Å². The molecule has 2 rings (SSSR count). The molecular formula is C18H18Cl2N2O2. The summed E-state index contributed by atoms with van der Waals surface area (Å²) in [5.41, 5.74) is 2.13. The first-order chi connectivity index (χ1) is 11.4. The zero-order valence-corrected chi connectivity index (χ0v) is 15.0. The number of hydrogen-bond acceptors (Lipinski definition) is 2. The minimum atomic E-state index is -0.166. The molecule has 126 valence electrons. The zero-order chi connectivity index (χ0) is 17.7. The molecule has 2 aromatic carbocycles. The third kappa shape index (κ3) is 4.73. The van der Waals surface area contributed by atoms with Gasteiger partial charge in [0.25, 0.3) is 5.91 Å². The fourth-order valence-electron chi connectivity index (χ4n) is 2.37. The summed E-state index contributed by atoms with van der Waals surface area (Å²) in [7, 11) is 0. The van der Waals surface area contributed by atoms with Gasteiger partial charge in [0.1, 0.15) is 0 Å². The van der Waals surface area contributed by atoms with Gasteiger partial charge >= 0.3 is 0 Å². The third-order valence-electron chi connectivity index (χ3n) is 3.55. The Morgan fingerprint density at radius 3 is 2.29 bits per heavy atom. The molecule has 0 saturated carbocycles. The second-order valence-electron chi connectivity index (χ2n) is 5.37. The second kappa shape index (κ2) is 8.18. The second-order valence-corrected chi connectivity index (χ2v) is 6.24. The topological polar surface area (TPSA) is 49.4 Å². The van der Waals surface area contributed by atoms with Crippen LogP contribution < -0.4 is 10.2 Å². The van der Waals surface area contributed by atoms with Crippen molar-refractivity contribution in [2.45, 2.75) is 13.8 Å². The molecule has 2 aromatic rings. The minimum Gasteiger partial charge on any atom is -0.350 e. The van der Waals surface area contributed by atoms with Gasteiger partial charge in [-0.15, -0.1) is 0 Å². The molecule has 0 unspecified atom stereocenters. The zero-order valence-electron chi connectivity index (χ0n) is 13.5. The highest BCUT2D eigenvalue weighted by Gasteiger charge is 2.14. The number of nitrogens with zero attached hydrogens (tertiary/aromatic N) is 1. The summed E-state index contributed by atoms with van der Waals surface area (Å²) in [4.78, 5) is 25.6. The molecule has 0 aliphatic carbocycles. The first-order valence-corrected chi connectivity index (χ1v) is 8.22. The summed E-state index contributed by atoms with van der Waals surface area (Å²) in [5.74, 6) is -0.320. The maximum absolute atomic E-state index is 12.2. The SMILES string of the molecule is CC(=O)N(CCNC(=O)c1ccccc1C)c1cc(Cl)cc(Cl)c1. The summed E-state index contributed by atoms with van der Waals surface area (Å²) in [6, 6.07) is 12.3. The van der Waals surface area contributed by atoms with Gasteiger partial charge in [-0.3, -0.25) is 9.59 Å². The molecule has 0 fully saturated rings. The van der Waals surface area contributed by atoms with Crippen LogP contribution in [-0.2, 0) is 4.79 Å². The van der Waals surface area contributed by atoms with Gasteiger partial charge in [0.05, 0.1) is 0 Å². The summed E-state index contributed by atoms with van der Waals surface area (Å²) in [6.45, 7) is 3.98. The average molecular weight is 365 g/mol. The van der Waals surface area contributed by atoms with Crippen LogP contribution in [0, 0.1) is 6.92 Å². The fraction of sp³-hybridized carbons (Fsp3) is 0.222. The van der Waals surface area contributed by atoms with Gasteiger partial charge in [-0.25, -0.2) is 0 Å². The van der Waals surface area contributed by atoms with E-state index >= 15 is 0 Å². The smallest absolute Gasteiger partial charge is 0.251 e. The highest BCUT2D eigenvalue weighted by atomic mass is 35.5. The van der Waals surface area contributed by atoms with E-state index in [4.69, 9.17) is 23.2 Å². The van der Waals surface area contributed by atoms with Crippen LogP contribution >= 0.6 is 23.2 Å². The molecule has 1 N–H and O–H groups in total. The summed E-state index contributed by atoms with van der Waals surface area (Å²) < 4.78 is 0. The summed E-state index contributed by atoms with van der Waals surface area (Å²) in [6.07, 6.45) is 0. The molecule has 0 saturated heterocycles. The lowest BCUT2D eigenvalue weighted by molar-refractivity contribution is -0.116. The van der Waals surface area contributed by atoms with E-state index < -0.39 is 0 Å². The Kier molecular flexibility index (Phi) is 6.23. The standard InChI is InChI=1S/C18H18Cl2N2O2/c1-12-5-3-4-6-17(12)18(24)21-7-8-22(13(2)23)16-10-14(19)9-15(20)11-16/h3-6,9-11H,7-8H2,1-2H3,(H,21,24). The van der Waals surface area contributed by atoms with Crippen molar-refractivity contribution < 1.29 is 9.59 Å². The van der Waals surface area contributed by atoms with Crippen LogP contribution in [0.15, 0.2) is 42.5 Å². The summed E-state index contributed by atoms with van der Waals surface area (Å²) >= 11 is 12.0. The predicted molar refractivity (Wildman–Crippen MR) is 98.0 cm³/mol. The van der Waals surface area contributed by atoms with Gasteiger partial charge in [0.15, 0.2) is 0 Å². The van der Waals surface area contributed by atoms with Gasteiger partial charge in [-0.05, 0) is 36.8 Å². The van der Waals surface area contributed by atoms with Crippen molar-refractivity contribution in [2.75, 3.05) is 18.0 Å². The van der Waals surface area contributed by atoms with Gasteiger partial charge in [-0.1, -0.05) is 41.4 Å². The van der Waals surface area contributed by atoms with Crippen molar-refractivity contribution in [3.8, 4) is 0 Å². The molecule has 0 aromatic heterocycles. The number of amides is 2. The lowest BCUT2D eigenvalue weighted by atomic mass is 10.1. The van der Waals surface area contributed by atoms with E-state index in [0.717, 1.165) is 5.56 Å². The van der Waals surface area contributed by atoms with E-state index in [1.165, 1.54) is 11.8 Å². The molecule has 0 aliphatic rings.